The van der Waals surface area contributed by atoms with E-state index in [4.69, 9.17) is 9.47 Å². The minimum absolute atomic E-state index is 0.0487. The predicted molar refractivity (Wildman–Crippen MR) is 135 cm³/mol. The van der Waals surface area contributed by atoms with Gasteiger partial charge in [0, 0.05) is 26.1 Å². The zero-order valence-corrected chi connectivity index (χ0v) is 22.2. The minimum Gasteiger partial charge on any atom is -0.493 e. The van der Waals surface area contributed by atoms with Crippen molar-refractivity contribution in [2.24, 2.45) is 23.7 Å². The first-order valence-corrected chi connectivity index (χ1v) is 12.5. The number of ether oxygens (including phenoxy) is 2. The molecule has 1 aromatic carbocycles. The van der Waals surface area contributed by atoms with E-state index in [2.05, 4.69) is 52.8 Å². The predicted octanol–water partition coefficient (Wildman–Crippen LogP) is 6.64. The summed E-state index contributed by atoms with van der Waals surface area (Å²) in [4.78, 5) is 11.8. The first-order valence-electron chi connectivity index (χ1n) is 12.5. The van der Waals surface area contributed by atoms with Crippen LogP contribution in [0.3, 0.4) is 0 Å². The van der Waals surface area contributed by atoms with Gasteiger partial charge < -0.3 is 14.6 Å². The lowest BCUT2D eigenvalue weighted by molar-refractivity contribution is -0.123. The zero-order valence-electron chi connectivity index (χ0n) is 22.2. The van der Waals surface area contributed by atoms with Crippen molar-refractivity contribution < 1.29 is 19.4 Å². The number of aliphatic hydroxyl groups is 1. The van der Waals surface area contributed by atoms with Crippen molar-refractivity contribution in [3.8, 4) is 5.75 Å². The number of carbonyl (C=O) groups is 1. The van der Waals surface area contributed by atoms with E-state index >= 15 is 0 Å². The maximum absolute atomic E-state index is 11.8. The molecule has 32 heavy (non-hydrogen) atoms. The number of carbonyl (C=O) groups excluding carboxylic acids is 1. The highest BCUT2D eigenvalue weighted by atomic mass is 16.5. The Bertz CT molecular complexity index is 624. The fraction of sp³-hybridized carbons (Fsp3) is 0.750. The van der Waals surface area contributed by atoms with Crippen LogP contribution >= 0.6 is 0 Å². The van der Waals surface area contributed by atoms with E-state index in [1.807, 2.05) is 13.8 Å². The molecule has 0 aliphatic rings. The summed E-state index contributed by atoms with van der Waals surface area (Å²) in [6, 6.07) is 6.49. The van der Waals surface area contributed by atoms with E-state index in [0.717, 1.165) is 37.0 Å². The molecular weight excluding hydrogens is 400 g/mol. The van der Waals surface area contributed by atoms with Crippen LogP contribution in [-0.2, 0) is 16.0 Å². The van der Waals surface area contributed by atoms with Gasteiger partial charge in [0.05, 0.1) is 12.7 Å². The summed E-state index contributed by atoms with van der Waals surface area (Å²) < 4.78 is 11.0. The molecule has 1 aromatic rings. The topological polar surface area (TPSA) is 55.8 Å². The van der Waals surface area contributed by atoms with Gasteiger partial charge in [-0.05, 0) is 74.5 Å². The third-order valence-corrected chi connectivity index (χ3v) is 6.17. The van der Waals surface area contributed by atoms with E-state index in [0.29, 0.717) is 31.5 Å². The van der Waals surface area contributed by atoms with Gasteiger partial charge in [0.1, 0.15) is 11.5 Å². The summed E-state index contributed by atoms with van der Waals surface area (Å²) >= 11 is 0. The van der Waals surface area contributed by atoms with E-state index in [1.54, 1.807) is 14.0 Å². The maximum atomic E-state index is 11.8. The van der Waals surface area contributed by atoms with Crippen molar-refractivity contribution in [2.45, 2.75) is 93.6 Å². The number of rotatable bonds is 15. The zero-order chi connectivity index (χ0) is 24.7. The van der Waals surface area contributed by atoms with Gasteiger partial charge >= 0.3 is 0 Å². The standard InChI is InChI=1S/C26H44O4.C2H6/c1-18(2)23(11-12-24(28)17-25(19(3)4)21(6)27)15-22-10-9-20(5)26(16-22)30-14-8-13-29-7;1-2/h9-10,16,18-19,23-25,28H,8,11-15,17H2,1-7H3;1-2H3/t23?,24-,25?;/m1./s1. The lowest BCUT2D eigenvalue weighted by Gasteiger charge is -2.25. The van der Waals surface area contributed by atoms with Crippen LogP contribution < -0.4 is 4.74 Å². The second-order valence-electron chi connectivity index (χ2n) is 9.43. The van der Waals surface area contributed by atoms with Gasteiger partial charge in [-0.3, -0.25) is 4.79 Å². The quantitative estimate of drug-likeness (QED) is 0.304. The molecule has 0 radical (unpaired) electrons. The molecule has 0 saturated carbocycles. The second kappa shape index (κ2) is 17.1. The normalized spacial score (nSPS) is 14.0. The molecule has 0 saturated heterocycles. The summed E-state index contributed by atoms with van der Waals surface area (Å²) in [5.74, 6) is 2.37. The monoisotopic (exact) mass is 450 g/mol. The van der Waals surface area contributed by atoms with Crippen LogP contribution in [0.2, 0.25) is 0 Å². The molecule has 4 nitrogen and oxygen atoms in total. The highest BCUT2D eigenvalue weighted by Crippen LogP contribution is 2.28. The molecule has 1 rings (SSSR count). The number of aliphatic hydroxyl groups excluding tert-OH is 1. The Kier molecular flexibility index (Phi) is 16.4. The Labute approximate surface area is 198 Å². The van der Waals surface area contributed by atoms with Crippen LogP contribution in [-0.4, -0.2) is 37.3 Å². The van der Waals surface area contributed by atoms with Crippen LogP contribution in [0.5, 0.6) is 5.75 Å². The average molecular weight is 451 g/mol. The van der Waals surface area contributed by atoms with Gasteiger partial charge in [0.25, 0.3) is 0 Å². The van der Waals surface area contributed by atoms with E-state index in [-0.39, 0.29) is 17.6 Å². The van der Waals surface area contributed by atoms with Crippen LogP contribution in [0.15, 0.2) is 18.2 Å². The molecule has 186 valence electrons. The average Bonchev–Trinajstić information content (AvgIpc) is 2.75. The maximum Gasteiger partial charge on any atom is 0.133 e. The van der Waals surface area contributed by atoms with Gasteiger partial charge in [-0.15, -0.1) is 0 Å². The summed E-state index contributed by atoms with van der Waals surface area (Å²) in [6.07, 6.45) is 3.71. The fourth-order valence-electron chi connectivity index (χ4n) is 4.01. The largest absolute Gasteiger partial charge is 0.493 e. The number of hydrogen-bond donors (Lipinski definition) is 1. The molecular formula is C28H50O4. The van der Waals surface area contributed by atoms with Crippen molar-refractivity contribution in [3.05, 3.63) is 29.3 Å². The molecule has 0 aliphatic heterocycles. The Morgan fingerprint density at radius 1 is 1.03 bits per heavy atom. The van der Waals surface area contributed by atoms with Crippen LogP contribution in [0.4, 0.5) is 0 Å². The summed E-state index contributed by atoms with van der Waals surface area (Å²) in [5, 5.41) is 10.6. The van der Waals surface area contributed by atoms with Gasteiger partial charge in [-0.2, -0.15) is 0 Å². The summed E-state index contributed by atoms with van der Waals surface area (Å²) in [5.41, 5.74) is 2.43. The minimum atomic E-state index is -0.416. The molecule has 0 aliphatic carbocycles. The SMILES string of the molecule is CC.COCCCOc1cc(CC(CC[C@@H](O)CC(C(C)=O)C(C)C)C(C)C)ccc1C. The number of hydrogen-bond acceptors (Lipinski definition) is 4. The van der Waals surface area contributed by atoms with E-state index in [9.17, 15) is 9.90 Å². The third-order valence-electron chi connectivity index (χ3n) is 6.17. The van der Waals surface area contributed by atoms with E-state index < -0.39 is 6.10 Å². The molecule has 0 aromatic heterocycles. The number of aryl methyl sites for hydroxylation is 1. The molecule has 4 heteroatoms. The molecule has 1 N–H and O–H groups in total. The van der Waals surface area contributed by atoms with Crippen LogP contribution in [0.1, 0.15) is 85.3 Å². The first kappa shape index (κ1) is 30.6. The Morgan fingerprint density at radius 3 is 2.22 bits per heavy atom. The van der Waals surface area contributed by atoms with Crippen LogP contribution in [0.25, 0.3) is 0 Å². The molecule has 0 fully saturated rings. The second-order valence-corrected chi connectivity index (χ2v) is 9.43. The van der Waals surface area contributed by atoms with Crippen molar-refractivity contribution in [1.82, 2.24) is 0 Å². The summed E-state index contributed by atoms with van der Waals surface area (Å²) in [7, 11) is 1.71. The highest BCUT2D eigenvalue weighted by molar-refractivity contribution is 5.78. The van der Waals surface area contributed by atoms with Crippen molar-refractivity contribution >= 4 is 5.78 Å². The van der Waals surface area contributed by atoms with Gasteiger partial charge in [-0.25, -0.2) is 0 Å². The van der Waals surface area contributed by atoms with Gasteiger partial charge in [0.2, 0.25) is 0 Å². The fourth-order valence-corrected chi connectivity index (χ4v) is 4.01. The Hall–Kier alpha value is -1.39. The number of ketones is 1. The molecule has 0 spiro atoms. The Morgan fingerprint density at radius 2 is 1.69 bits per heavy atom. The van der Waals surface area contributed by atoms with E-state index in [1.165, 1.54) is 5.56 Å². The molecule has 3 atom stereocenters. The molecule has 0 amide bonds. The van der Waals surface area contributed by atoms with Gasteiger partial charge in [0.15, 0.2) is 0 Å². The number of methoxy groups -OCH3 is 1. The Balaban J connectivity index is 0.00000466. The molecule has 0 heterocycles. The van der Waals surface area contributed by atoms with Gasteiger partial charge in [-0.1, -0.05) is 53.7 Å². The third kappa shape index (κ3) is 12.0. The lowest BCUT2D eigenvalue weighted by atomic mass is 9.82. The summed E-state index contributed by atoms with van der Waals surface area (Å²) in [6.45, 7) is 17.7. The number of Topliss-reactive ketones (excluding diaryl/α,β-unsaturated/α-hetero) is 1. The highest BCUT2D eigenvalue weighted by Gasteiger charge is 2.23. The molecule has 2 unspecified atom stereocenters. The van der Waals surface area contributed by atoms with Crippen molar-refractivity contribution in [1.29, 1.82) is 0 Å². The number of benzene rings is 1. The molecule has 0 bridgehead atoms. The van der Waals surface area contributed by atoms with Crippen molar-refractivity contribution in [3.63, 3.8) is 0 Å². The lowest BCUT2D eigenvalue weighted by Crippen LogP contribution is -2.24. The van der Waals surface area contributed by atoms with Crippen molar-refractivity contribution in [2.75, 3.05) is 20.3 Å². The van der Waals surface area contributed by atoms with Crippen LogP contribution in [0, 0.1) is 30.6 Å². The smallest absolute Gasteiger partial charge is 0.133 e. The first-order chi connectivity index (χ1) is 15.1.